The van der Waals surface area contributed by atoms with Crippen LogP contribution in [0.5, 0.6) is 0 Å². The summed E-state index contributed by atoms with van der Waals surface area (Å²) >= 11 is 5.96. The van der Waals surface area contributed by atoms with E-state index >= 15 is 0 Å². The number of hydrogen-bond donors (Lipinski definition) is 2. The first-order valence-electron chi connectivity index (χ1n) is 8.27. The Morgan fingerprint density at radius 2 is 1.96 bits per heavy atom. The van der Waals surface area contributed by atoms with Crippen LogP contribution in [0.15, 0.2) is 42.5 Å². The van der Waals surface area contributed by atoms with E-state index in [9.17, 15) is 18.8 Å². The lowest BCUT2D eigenvalue weighted by molar-refractivity contribution is -0.122. The molecular formula is C19H17ClFN3O3. The Kier molecular flexibility index (Phi) is 5.41. The van der Waals surface area contributed by atoms with Gasteiger partial charge in [-0.05, 0) is 36.4 Å². The molecule has 0 radical (unpaired) electrons. The summed E-state index contributed by atoms with van der Waals surface area (Å²) in [5.41, 5.74) is 0.920. The first kappa shape index (κ1) is 18.8. The van der Waals surface area contributed by atoms with Crippen molar-refractivity contribution in [3.05, 3.63) is 53.3 Å². The van der Waals surface area contributed by atoms with E-state index in [1.165, 1.54) is 24.0 Å². The monoisotopic (exact) mass is 389 g/mol. The van der Waals surface area contributed by atoms with Crippen molar-refractivity contribution in [1.29, 1.82) is 0 Å². The smallest absolute Gasteiger partial charge is 0.229 e. The molecule has 6 nitrogen and oxygen atoms in total. The SMILES string of the molecule is CC(=O)Nc1ccc(F)c(NC(=O)C2CC(=O)N(c3cccc(Cl)c3)C2)c1. The van der Waals surface area contributed by atoms with Crippen molar-refractivity contribution in [3.8, 4) is 0 Å². The maximum atomic E-state index is 14.0. The van der Waals surface area contributed by atoms with Crippen LogP contribution < -0.4 is 15.5 Å². The van der Waals surface area contributed by atoms with Crippen LogP contribution in [0.25, 0.3) is 0 Å². The number of nitrogens with zero attached hydrogens (tertiary/aromatic N) is 1. The minimum absolute atomic E-state index is 0.0192. The van der Waals surface area contributed by atoms with Gasteiger partial charge in [-0.15, -0.1) is 0 Å². The third-order valence-electron chi connectivity index (χ3n) is 4.16. The van der Waals surface area contributed by atoms with Gasteiger partial charge in [-0.25, -0.2) is 4.39 Å². The molecule has 140 valence electrons. The average molecular weight is 390 g/mol. The van der Waals surface area contributed by atoms with E-state index in [0.717, 1.165) is 6.07 Å². The first-order valence-corrected chi connectivity index (χ1v) is 8.65. The summed E-state index contributed by atoms with van der Waals surface area (Å²) in [6.07, 6.45) is 0.0192. The molecule has 2 aromatic rings. The molecule has 2 aromatic carbocycles. The number of anilines is 3. The summed E-state index contributed by atoms with van der Waals surface area (Å²) in [4.78, 5) is 37.4. The zero-order chi connectivity index (χ0) is 19.6. The topological polar surface area (TPSA) is 78.5 Å². The van der Waals surface area contributed by atoms with E-state index in [0.29, 0.717) is 16.4 Å². The molecule has 27 heavy (non-hydrogen) atoms. The minimum Gasteiger partial charge on any atom is -0.326 e. The third-order valence-corrected chi connectivity index (χ3v) is 4.40. The normalized spacial score (nSPS) is 16.3. The molecule has 1 aliphatic heterocycles. The molecule has 0 bridgehead atoms. The second-order valence-electron chi connectivity index (χ2n) is 6.25. The molecule has 1 fully saturated rings. The van der Waals surface area contributed by atoms with Crippen LogP contribution in [0.2, 0.25) is 5.02 Å². The standard InChI is InChI=1S/C19H17ClFN3O3/c1-11(25)22-14-5-6-16(21)17(9-14)23-19(27)12-7-18(26)24(10-12)15-4-2-3-13(20)8-15/h2-6,8-9,12H,7,10H2,1H3,(H,22,25)(H,23,27). The highest BCUT2D eigenvalue weighted by molar-refractivity contribution is 6.31. The highest BCUT2D eigenvalue weighted by Crippen LogP contribution is 2.28. The van der Waals surface area contributed by atoms with Crippen LogP contribution in [0, 0.1) is 11.7 Å². The minimum atomic E-state index is -0.631. The summed E-state index contributed by atoms with van der Waals surface area (Å²) < 4.78 is 14.0. The summed E-state index contributed by atoms with van der Waals surface area (Å²) in [5.74, 6) is -2.23. The van der Waals surface area contributed by atoms with Gasteiger partial charge < -0.3 is 15.5 Å². The fourth-order valence-electron chi connectivity index (χ4n) is 2.91. The van der Waals surface area contributed by atoms with Gasteiger partial charge in [0.15, 0.2) is 0 Å². The van der Waals surface area contributed by atoms with Crippen molar-refractivity contribution in [2.75, 3.05) is 22.1 Å². The van der Waals surface area contributed by atoms with Gasteiger partial charge in [0.2, 0.25) is 17.7 Å². The van der Waals surface area contributed by atoms with E-state index in [4.69, 9.17) is 11.6 Å². The lowest BCUT2D eigenvalue weighted by Crippen LogP contribution is -2.28. The summed E-state index contributed by atoms with van der Waals surface area (Å²) in [7, 11) is 0. The number of hydrogen-bond acceptors (Lipinski definition) is 3. The van der Waals surface area contributed by atoms with E-state index in [-0.39, 0.29) is 30.5 Å². The second kappa shape index (κ2) is 7.75. The van der Waals surface area contributed by atoms with Crippen LogP contribution in [-0.4, -0.2) is 24.3 Å². The molecule has 0 aromatic heterocycles. The first-order chi connectivity index (χ1) is 12.8. The lowest BCUT2D eigenvalue weighted by atomic mass is 10.1. The summed E-state index contributed by atoms with van der Waals surface area (Å²) in [5, 5.41) is 5.51. The van der Waals surface area contributed by atoms with Gasteiger partial charge in [-0.1, -0.05) is 17.7 Å². The van der Waals surface area contributed by atoms with Crippen molar-refractivity contribution in [2.45, 2.75) is 13.3 Å². The Balaban J connectivity index is 1.72. The van der Waals surface area contributed by atoms with E-state index in [1.54, 1.807) is 24.3 Å². The maximum absolute atomic E-state index is 14.0. The van der Waals surface area contributed by atoms with Crippen LogP contribution in [-0.2, 0) is 14.4 Å². The predicted octanol–water partition coefficient (Wildman–Crippen LogP) is 3.43. The number of nitrogens with one attached hydrogen (secondary N) is 2. The Labute approximate surface area is 160 Å². The van der Waals surface area contributed by atoms with Crippen LogP contribution in [0.3, 0.4) is 0 Å². The second-order valence-corrected chi connectivity index (χ2v) is 6.69. The third kappa shape index (κ3) is 4.43. The van der Waals surface area contributed by atoms with Crippen molar-refractivity contribution in [3.63, 3.8) is 0 Å². The van der Waals surface area contributed by atoms with Gasteiger partial charge in [-0.3, -0.25) is 14.4 Å². The van der Waals surface area contributed by atoms with Crippen molar-refractivity contribution in [2.24, 2.45) is 5.92 Å². The fraction of sp³-hybridized carbons (Fsp3) is 0.211. The molecule has 0 aliphatic carbocycles. The quantitative estimate of drug-likeness (QED) is 0.840. The zero-order valence-corrected chi connectivity index (χ0v) is 15.2. The number of amides is 3. The number of carbonyl (C=O) groups excluding carboxylic acids is 3. The molecule has 1 heterocycles. The lowest BCUT2D eigenvalue weighted by Gasteiger charge is -2.17. The molecule has 1 unspecified atom stereocenters. The van der Waals surface area contributed by atoms with Gasteiger partial charge in [0.25, 0.3) is 0 Å². The van der Waals surface area contributed by atoms with Crippen LogP contribution in [0.4, 0.5) is 21.5 Å². The predicted molar refractivity (Wildman–Crippen MR) is 101 cm³/mol. The Hall–Kier alpha value is -2.93. The fourth-order valence-corrected chi connectivity index (χ4v) is 3.10. The Morgan fingerprint density at radius 1 is 1.19 bits per heavy atom. The number of carbonyl (C=O) groups is 3. The Bertz CT molecular complexity index is 919. The van der Waals surface area contributed by atoms with Crippen LogP contribution in [0.1, 0.15) is 13.3 Å². The van der Waals surface area contributed by atoms with E-state index in [2.05, 4.69) is 10.6 Å². The molecule has 0 spiro atoms. The van der Waals surface area contributed by atoms with E-state index < -0.39 is 17.6 Å². The largest absolute Gasteiger partial charge is 0.326 e. The van der Waals surface area contributed by atoms with Crippen molar-refractivity contribution >= 4 is 46.4 Å². The van der Waals surface area contributed by atoms with Gasteiger partial charge >= 0.3 is 0 Å². The van der Waals surface area contributed by atoms with Crippen LogP contribution >= 0.6 is 11.6 Å². The van der Waals surface area contributed by atoms with Gasteiger partial charge in [0.1, 0.15) is 5.82 Å². The number of halogens is 2. The van der Waals surface area contributed by atoms with Crippen molar-refractivity contribution < 1.29 is 18.8 Å². The molecular weight excluding hydrogens is 373 g/mol. The van der Waals surface area contributed by atoms with Gasteiger partial charge in [-0.2, -0.15) is 0 Å². The van der Waals surface area contributed by atoms with Gasteiger partial charge in [0, 0.05) is 36.3 Å². The van der Waals surface area contributed by atoms with Gasteiger partial charge in [0.05, 0.1) is 11.6 Å². The molecule has 3 rings (SSSR count). The number of rotatable bonds is 4. The molecule has 1 aliphatic rings. The molecule has 1 atom stereocenters. The maximum Gasteiger partial charge on any atom is 0.229 e. The highest BCUT2D eigenvalue weighted by Gasteiger charge is 2.35. The summed E-state index contributed by atoms with van der Waals surface area (Å²) in [6.45, 7) is 1.51. The van der Waals surface area contributed by atoms with Crippen molar-refractivity contribution in [1.82, 2.24) is 0 Å². The molecule has 3 amide bonds. The van der Waals surface area contributed by atoms with E-state index in [1.807, 2.05) is 0 Å². The highest BCUT2D eigenvalue weighted by atomic mass is 35.5. The number of benzene rings is 2. The Morgan fingerprint density at radius 3 is 2.67 bits per heavy atom. The molecule has 1 saturated heterocycles. The molecule has 8 heteroatoms. The molecule has 2 N–H and O–H groups in total. The average Bonchev–Trinajstić information content (AvgIpc) is 2.99. The molecule has 0 saturated carbocycles. The summed E-state index contributed by atoms with van der Waals surface area (Å²) in [6, 6.07) is 10.7. The zero-order valence-electron chi connectivity index (χ0n) is 14.5.